The van der Waals surface area contributed by atoms with Crippen molar-refractivity contribution in [2.24, 2.45) is 17.8 Å². The Balaban J connectivity index is 2.13. The standard InChI is InChI=1S/C15H30O/c1-12(2)14-8-6-13(7-9-14)10-11-16-15(3,4)5/h12-14H,6-11H2,1-5H3. The lowest BCUT2D eigenvalue weighted by Gasteiger charge is -2.31. The van der Waals surface area contributed by atoms with Gasteiger partial charge in [-0.3, -0.25) is 0 Å². The highest BCUT2D eigenvalue weighted by Gasteiger charge is 2.23. The van der Waals surface area contributed by atoms with E-state index in [4.69, 9.17) is 4.74 Å². The van der Waals surface area contributed by atoms with Gasteiger partial charge in [-0.25, -0.2) is 0 Å². The van der Waals surface area contributed by atoms with Crippen molar-refractivity contribution in [3.63, 3.8) is 0 Å². The van der Waals surface area contributed by atoms with Crippen LogP contribution in [0.4, 0.5) is 0 Å². The Morgan fingerprint density at radius 1 is 1.06 bits per heavy atom. The van der Waals surface area contributed by atoms with Gasteiger partial charge in [-0.05, 0) is 57.8 Å². The lowest BCUT2D eigenvalue weighted by atomic mass is 9.76. The molecule has 1 rings (SSSR count). The number of hydrogen-bond donors (Lipinski definition) is 0. The lowest BCUT2D eigenvalue weighted by molar-refractivity contribution is -0.0121. The van der Waals surface area contributed by atoms with Crippen LogP contribution in [0, 0.1) is 17.8 Å². The molecule has 0 aromatic heterocycles. The maximum atomic E-state index is 5.81. The third-order valence-corrected chi connectivity index (χ3v) is 3.90. The van der Waals surface area contributed by atoms with Gasteiger partial charge in [-0.2, -0.15) is 0 Å². The van der Waals surface area contributed by atoms with Gasteiger partial charge in [0, 0.05) is 6.61 Å². The molecule has 96 valence electrons. The van der Waals surface area contributed by atoms with E-state index in [-0.39, 0.29) is 5.60 Å². The van der Waals surface area contributed by atoms with Crippen molar-refractivity contribution in [2.45, 2.75) is 72.3 Å². The van der Waals surface area contributed by atoms with Crippen LogP contribution in [0.2, 0.25) is 0 Å². The zero-order valence-electron chi connectivity index (χ0n) is 11.9. The molecule has 0 amide bonds. The van der Waals surface area contributed by atoms with Crippen molar-refractivity contribution in [2.75, 3.05) is 6.61 Å². The van der Waals surface area contributed by atoms with Gasteiger partial charge in [0.05, 0.1) is 5.60 Å². The molecule has 0 N–H and O–H groups in total. The average molecular weight is 226 g/mol. The molecule has 0 atom stereocenters. The summed E-state index contributed by atoms with van der Waals surface area (Å²) in [6, 6.07) is 0. The third kappa shape index (κ3) is 5.34. The van der Waals surface area contributed by atoms with E-state index >= 15 is 0 Å². The van der Waals surface area contributed by atoms with E-state index in [2.05, 4.69) is 34.6 Å². The van der Waals surface area contributed by atoms with Crippen molar-refractivity contribution < 1.29 is 4.74 Å². The zero-order chi connectivity index (χ0) is 12.2. The van der Waals surface area contributed by atoms with Crippen LogP contribution in [0.3, 0.4) is 0 Å². The molecule has 1 aliphatic carbocycles. The van der Waals surface area contributed by atoms with Crippen molar-refractivity contribution in [3.8, 4) is 0 Å². The van der Waals surface area contributed by atoms with Crippen LogP contribution in [0.1, 0.15) is 66.7 Å². The van der Waals surface area contributed by atoms with Gasteiger partial charge in [0.25, 0.3) is 0 Å². The summed E-state index contributed by atoms with van der Waals surface area (Å²) >= 11 is 0. The van der Waals surface area contributed by atoms with Crippen LogP contribution in [-0.2, 0) is 4.74 Å². The van der Waals surface area contributed by atoms with E-state index in [1.807, 2.05) is 0 Å². The van der Waals surface area contributed by atoms with E-state index in [1.165, 1.54) is 32.1 Å². The lowest BCUT2D eigenvalue weighted by Crippen LogP contribution is -2.23. The van der Waals surface area contributed by atoms with E-state index in [1.54, 1.807) is 0 Å². The van der Waals surface area contributed by atoms with Crippen LogP contribution < -0.4 is 0 Å². The highest BCUT2D eigenvalue weighted by atomic mass is 16.5. The molecule has 0 aromatic carbocycles. The van der Waals surface area contributed by atoms with Crippen LogP contribution in [0.5, 0.6) is 0 Å². The predicted molar refractivity (Wildman–Crippen MR) is 70.6 cm³/mol. The maximum Gasteiger partial charge on any atom is 0.0598 e. The second-order valence-corrected chi connectivity index (χ2v) is 6.77. The van der Waals surface area contributed by atoms with Gasteiger partial charge < -0.3 is 4.74 Å². The summed E-state index contributed by atoms with van der Waals surface area (Å²) in [7, 11) is 0. The largest absolute Gasteiger partial charge is 0.376 e. The SMILES string of the molecule is CC(C)C1CCC(CCOC(C)(C)C)CC1. The Bertz CT molecular complexity index is 182. The predicted octanol–water partition coefficient (Wildman–Crippen LogP) is 4.65. The van der Waals surface area contributed by atoms with E-state index < -0.39 is 0 Å². The first-order valence-electron chi connectivity index (χ1n) is 7.02. The first-order valence-corrected chi connectivity index (χ1v) is 7.02. The van der Waals surface area contributed by atoms with E-state index in [0.29, 0.717) is 0 Å². The minimum Gasteiger partial charge on any atom is -0.376 e. The van der Waals surface area contributed by atoms with Crippen LogP contribution >= 0.6 is 0 Å². The molecule has 1 fully saturated rings. The van der Waals surface area contributed by atoms with E-state index in [0.717, 1.165) is 24.4 Å². The highest BCUT2D eigenvalue weighted by Crippen LogP contribution is 2.34. The molecule has 0 spiro atoms. The summed E-state index contributed by atoms with van der Waals surface area (Å²) in [4.78, 5) is 0. The molecule has 0 unspecified atom stereocenters. The molecular formula is C15H30O. The Morgan fingerprint density at radius 3 is 2.06 bits per heavy atom. The second-order valence-electron chi connectivity index (χ2n) is 6.77. The second kappa shape index (κ2) is 6.05. The van der Waals surface area contributed by atoms with Crippen LogP contribution in [0.25, 0.3) is 0 Å². The fourth-order valence-electron chi connectivity index (χ4n) is 2.68. The van der Waals surface area contributed by atoms with Crippen LogP contribution in [0.15, 0.2) is 0 Å². The minimum atomic E-state index is 0.0368. The topological polar surface area (TPSA) is 9.23 Å². The van der Waals surface area contributed by atoms with Crippen molar-refractivity contribution in [1.29, 1.82) is 0 Å². The van der Waals surface area contributed by atoms with Crippen molar-refractivity contribution in [1.82, 2.24) is 0 Å². The molecule has 16 heavy (non-hydrogen) atoms. The molecule has 0 aromatic rings. The summed E-state index contributed by atoms with van der Waals surface area (Å²) in [6.45, 7) is 12.1. The van der Waals surface area contributed by atoms with Crippen LogP contribution in [-0.4, -0.2) is 12.2 Å². The Hall–Kier alpha value is -0.0400. The fourth-order valence-corrected chi connectivity index (χ4v) is 2.68. The normalized spacial score (nSPS) is 27.4. The van der Waals surface area contributed by atoms with Gasteiger partial charge in [0.2, 0.25) is 0 Å². The molecule has 1 aliphatic rings. The molecule has 0 saturated heterocycles. The minimum absolute atomic E-state index is 0.0368. The van der Waals surface area contributed by atoms with Gasteiger partial charge in [0.15, 0.2) is 0 Å². The Kier molecular flexibility index (Phi) is 5.30. The molecule has 1 saturated carbocycles. The van der Waals surface area contributed by atoms with Gasteiger partial charge in [-0.15, -0.1) is 0 Å². The van der Waals surface area contributed by atoms with Crippen molar-refractivity contribution in [3.05, 3.63) is 0 Å². The first kappa shape index (κ1) is 14.0. The van der Waals surface area contributed by atoms with Gasteiger partial charge in [-0.1, -0.05) is 26.7 Å². The molecular weight excluding hydrogens is 196 g/mol. The molecule has 0 radical (unpaired) electrons. The smallest absolute Gasteiger partial charge is 0.0598 e. The number of hydrogen-bond acceptors (Lipinski definition) is 1. The summed E-state index contributed by atoms with van der Waals surface area (Å²) in [5, 5.41) is 0. The van der Waals surface area contributed by atoms with Gasteiger partial charge in [0.1, 0.15) is 0 Å². The third-order valence-electron chi connectivity index (χ3n) is 3.90. The molecule has 0 heterocycles. The quantitative estimate of drug-likeness (QED) is 0.678. The maximum absolute atomic E-state index is 5.81. The van der Waals surface area contributed by atoms with Gasteiger partial charge >= 0.3 is 0 Å². The monoisotopic (exact) mass is 226 g/mol. The first-order chi connectivity index (χ1) is 7.38. The van der Waals surface area contributed by atoms with E-state index in [9.17, 15) is 0 Å². The molecule has 0 bridgehead atoms. The molecule has 1 heteroatoms. The molecule has 1 nitrogen and oxygen atoms in total. The summed E-state index contributed by atoms with van der Waals surface area (Å²) < 4.78 is 5.81. The fraction of sp³-hybridized carbons (Fsp3) is 1.00. The number of rotatable bonds is 4. The van der Waals surface area contributed by atoms with Crippen molar-refractivity contribution >= 4 is 0 Å². The Morgan fingerprint density at radius 2 is 1.62 bits per heavy atom. The zero-order valence-corrected chi connectivity index (χ0v) is 11.9. The average Bonchev–Trinajstić information content (AvgIpc) is 2.16. The highest BCUT2D eigenvalue weighted by molar-refractivity contribution is 4.74. The molecule has 0 aliphatic heterocycles. The summed E-state index contributed by atoms with van der Waals surface area (Å²) in [6.07, 6.45) is 7.00. The Labute approximate surface area is 102 Å². The summed E-state index contributed by atoms with van der Waals surface area (Å²) in [5.41, 5.74) is 0.0368. The summed E-state index contributed by atoms with van der Waals surface area (Å²) in [5.74, 6) is 2.80. The number of ether oxygens (including phenoxy) is 1.